The van der Waals surface area contributed by atoms with E-state index in [0.717, 1.165) is 0 Å². The van der Waals surface area contributed by atoms with Gasteiger partial charge < -0.3 is 9.84 Å². The van der Waals surface area contributed by atoms with Crippen molar-refractivity contribution in [2.24, 2.45) is 5.41 Å². The molecule has 0 saturated heterocycles. The SMILES string of the molecule is N=C(CCC1=CC2(C=C1)CCCC2)OC(=O)O. The van der Waals surface area contributed by atoms with Gasteiger partial charge in [0.15, 0.2) is 5.90 Å². The summed E-state index contributed by atoms with van der Waals surface area (Å²) in [7, 11) is 0. The van der Waals surface area contributed by atoms with Crippen LogP contribution in [0.25, 0.3) is 0 Å². The molecule has 4 nitrogen and oxygen atoms in total. The molecule has 17 heavy (non-hydrogen) atoms. The number of nitrogens with one attached hydrogen (secondary N) is 1. The zero-order chi connectivity index (χ0) is 12.3. The van der Waals surface area contributed by atoms with Gasteiger partial charge in [0.05, 0.1) is 0 Å². The van der Waals surface area contributed by atoms with Crippen LogP contribution < -0.4 is 0 Å². The van der Waals surface area contributed by atoms with Crippen molar-refractivity contribution in [3.63, 3.8) is 0 Å². The molecule has 0 heterocycles. The third kappa shape index (κ3) is 2.96. The minimum atomic E-state index is -1.40. The molecular weight excluding hydrogens is 218 g/mol. The highest BCUT2D eigenvalue weighted by Gasteiger charge is 2.31. The third-order valence-corrected chi connectivity index (χ3v) is 3.49. The van der Waals surface area contributed by atoms with Crippen molar-refractivity contribution in [1.29, 1.82) is 5.41 Å². The van der Waals surface area contributed by atoms with E-state index in [1.807, 2.05) is 0 Å². The van der Waals surface area contributed by atoms with Crippen LogP contribution in [0.1, 0.15) is 38.5 Å². The molecule has 2 rings (SSSR count). The number of carboxylic acid groups (broad SMARTS) is 1. The smallest absolute Gasteiger partial charge is 0.449 e. The molecule has 4 heteroatoms. The topological polar surface area (TPSA) is 70.4 Å². The minimum absolute atomic E-state index is 0.181. The Morgan fingerprint density at radius 2 is 2.18 bits per heavy atom. The van der Waals surface area contributed by atoms with Gasteiger partial charge in [-0.3, -0.25) is 5.41 Å². The lowest BCUT2D eigenvalue weighted by atomic mass is 9.88. The molecule has 0 radical (unpaired) electrons. The van der Waals surface area contributed by atoms with E-state index in [0.29, 0.717) is 12.8 Å². The number of allylic oxidation sites excluding steroid dienone is 4. The lowest BCUT2D eigenvalue weighted by molar-refractivity contribution is 0.139. The van der Waals surface area contributed by atoms with Crippen molar-refractivity contribution in [1.82, 2.24) is 0 Å². The summed E-state index contributed by atoms with van der Waals surface area (Å²) in [6.45, 7) is 0. The molecule has 1 fully saturated rings. The van der Waals surface area contributed by atoms with Crippen LogP contribution in [-0.4, -0.2) is 17.2 Å². The zero-order valence-corrected chi connectivity index (χ0v) is 9.74. The average molecular weight is 235 g/mol. The van der Waals surface area contributed by atoms with E-state index >= 15 is 0 Å². The largest absolute Gasteiger partial charge is 0.512 e. The molecule has 2 aliphatic carbocycles. The van der Waals surface area contributed by atoms with Gasteiger partial charge in [-0.15, -0.1) is 0 Å². The minimum Gasteiger partial charge on any atom is -0.449 e. The van der Waals surface area contributed by atoms with Crippen LogP contribution in [0.15, 0.2) is 23.8 Å². The van der Waals surface area contributed by atoms with E-state index in [4.69, 9.17) is 10.5 Å². The van der Waals surface area contributed by atoms with Crippen LogP contribution in [-0.2, 0) is 4.74 Å². The van der Waals surface area contributed by atoms with Crippen molar-refractivity contribution in [2.75, 3.05) is 0 Å². The van der Waals surface area contributed by atoms with Crippen LogP contribution in [0, 0.1) is 10.8 Å². The predicted molar refractivity (Wildman–Crippen MR) is 64.2 cm³/mol. The highest BCUT2D eigenvalue weighted by atomic mass is 16.7. The fraction of sp³-hybridized carbons (Fsp3) is 0.538. The van der Waals surface area contributed by atoms with Crippen LogP contribution in [0.2, 0.25) is 0 Å². The molecule has 92 valence electrons. The quantitative estimate of drug-likeness (QED) is 0.447. The first kappa shape index (κ1) is 11.9. The van der Waals surface area contributed by atoms with Gasteiger partial charge in [0.25, 0.3) is 0 Å². The number of hydrogen-bond donors (Lipinski definition) is 2. The van der Waals surface area contributed by atoms with Gasteiger partial charge >= 0.3 is 6.16 Å². The summed E-state index contributed by atoms with van der Waals surface area (Å²) < 4.78 is 4.28. The van der Waals surface area contributed by atoms with E-state index in [-0.39, 0.29) is 11.3 Å². The molecule has 0 bridgehead atoms. The highest BCUT2D eigenvalue weighted by molar-refractivity contribution is 5.83. The van der Waals surface area contributed by atoms with Crippen molar-refractivity contribution in [3.05, 3.63) is 23.8 Å². The molecule has 0 aromatic heterocycles. The Bertz CT molecular complexity index is 389. The molecule has 1 spiro atoms. The standard InChI is InChI=1S/C13H17NO3/c14-11(17-12(15)16)4-3-10-5-8-13(9-10)6-1-2-7-13/h5,8-9,14H,1-4,6-7H2,(H,15,16). The predicted octanol–water partition coefficient (Wildman–Crippen LogP) is 3.50. The summed E-state index contributed by atoms with van der Waals surface area (Å²) in [5.74, 6) is -0.181. The van der Waals surface area contributed by atoms with Crippen LogP contribution in [0.5, 0.6) is 0 Å². The maximum absolute atomic E-state index is 10.2. The van der Waals surface area contributed by atoms with E-state index in [1.165, 1.54) is 31.3 Å². The fourth-order valence-electron chi connectivity index (χ4n) is 2.65. The van der Waals surface area contributed by atoms with Gasteiger partial charge in [-0.25, -0.2) is 4.79 Å². The summed E-state index contributed by atoms with van der Waals surface area (Å²) >= 11 is 0. The molecule has 0 amide bonds. The molecule has 0 aromatic carbocycles. The van der Waals surface area contributed by atoms with E-state index in [9.17, 15) is 4.79 Å². The second kappa shape index (κ2) is 4.73. The Morgan fingerprint density at radius 3 is 2.82 bits per heavy atom. The Kier molecular flexibility index (Phi) is 3.31. The lowest BCUT2D eigenvalue weighted by Gasteiger charge is -2.16. The summed E-state index contributed by atoms with van der Waals surface area (Å²) in [5, 5.41) is 15.7. The molecule has 0 aromatic rings. The monoisotopic (exact) mass is 235 g/mol. The number of ether oxygens (including phenoxy) is 1. The van der Waals surface area contributed by atoms with Crippen LogP contribution >= 0.6 is 0 Å². The first-order valence-corrected chi connectivity index (χ1v) is 5.99. The van der Waals surface area contributed by atoms with E-state index < -0.39 is 6.16 Å². The number of hydrogen-bond acceptors (Lipinski definition) is 3. The van der Waals surface area contributed by atoms with Gasteiger partial charge in [0, 0.05) is 11.8 Å². The van der Waals surface area contributed by atoms with Crippen LogP contribution in [0.3, 0.4) is 0 Å². The normalized spacial score (nSPS) is 20.6. The lowest BCUT2D eigenvalue weighted by Crippen LogP contribution is -2.09. The molecule has 0 atom stereocenters. The van der Waals surface area contributed by atoms with Gasteiger partial charge in [0.2, 0.25) is 0 Å². The molecular formula is C13H17NO3. The van der Waals surface area contributed by atoms with Crippen molar-refractivity contribution < 1.29 is 14.6 Å². The Morgan fingerprint density at radius 1 is 1.47 bits per heavy atom. The van der Waals surface area contributed by atoms with Crippen molar-refractivity contribution in [3.8, 4) is 0 Å². The molecule has 0 aliphatic heterocycles. The second-order valence-corrected chi connectivity index (χ2v) is 4.78. The summed E-state index contributed by atoms with van der Waals surface area (Å²) in [4.78, 5) is 10.2. The van der Waals surface area contributed by atoms with Crippen molar-refractivity contribution in [2.45, 2.75) is 38.5 Å². The maximum atomic E-state index is 10.2. The first-order chi connectivity index (χ1) is 8.10. The molecule has 2 aliphatic rings. The van der Waals surface area contributed by atoms with E-state index in [2.05, 4.69) is 23.0 Å². The Labute approximate surface area is 100 Å². The maximum Gasteiger partial charge on any atom is 0.512 e. The van der Waals surface area contributed by atoms with Gasteiger partial charge in [-0.05, 0) is 19.3 Å². The van der Waals surface area contributed by atoms with Gasteiger partial charge in [-0.2, -0.15) is 0 Å². The first-order valence-electron chi connectivity index (χ1n) is 5.99. The van der Waals surface area contributed by atoms with E-state index in [1.54, 1.807) is 0 Å². The molecule has 0 unspecified atom stereocenters. The third-order valence-electron chi connectivity index (χ3n) is 3.49. The second-order valence-electron chi connectivity index (χ2n) is 4.78. The van der Waals surface area contributed by atoms with Crippen LogP contribution in [0.4, 0.5) is 4.79 Å². The Hall–Kier alpha value is -1.58. The number of carbonyl (C=O) groups is 1. The highest BCUT2D eigenvalue weighted by Crippen LogP contribution is 2.45. The van der Waals surface area contributed by atoms with Crippen molar-refractivity contribution >= 4 is 12.1 Å². The fourth-order valence-corrected chi connectivity index (χ4v) is 2.65. The average Bonchev–Trinajstić information content (AvgIpc) is 2.86. The van der Waals surface area contributed by atoms with Gasteiger partial charge in [0.1, 0.15) is 0 Å². The van der Waals surface area contributed by atoms with Gasteiger partial charge in [-0.1, -0.05) is 36.6 Å². The molecule has 2 N–H and O–H groups in total. The summed E-state index contributed by atoms with van der Waals surface area (Å²) in [6.07, 6.45) is 11.3. The molecule has 1 saturated carbocycles. The zero-order valence-electron chi connectivity index (χ0n) is 9.74. The Balaban J connectivity index is 1.83. The summed E-state index contributed by atoms with van der Waals surface area (Å²) in [6, 6.07) is 0. The summed E-state index contributed by atoms with van der Waals surface area (Å²) in [5.41, 5.74) is 1.47. The number of rotatable bonds is 3.